The average molecular weight is 200 g/mol. The van der Waals surface area contributed by atoms with Gasteiger partial charge in [0.05, 0.1) is 0 Å². The van der Waals surface area contributed by atoms with Crippen molar-refractivity contribution in [2.75, 3.05) is 26.3 Å². The summed E-state index contributed by atoms with van der Waals surface area (Å²) in [5.41, 5.74) is 10.4. The summed E-state index contributed by atoms with van der Waals surface area (Å²) < 4.78 is 9.92. The number of nitrogens with two attached hydrogens (primary N) is 2. The molecule has 0 atom stereocenters. The molecule has 0 saturated carbocycles. The predicted octanol–water partition coefficient (Wildman–Crippen LogP) is -2.06. The van der Waals surface area contributed by atoms with Crippen LogP contribution in [0.2, 0.25) is 0 Å². The Morgan fingerprint density at radius 3 is 1.43 bits per heavy atom. The van der Waals surface area contributed by atoms with Crippen molar-refractivity contribution in [1.29, 1.82) is 0 Å². The molecular formula is C6H12N6O2. The van der Waals surface area contributed by atoms with Crippen LogP contribution in [-0.2, 0) is 0 Å². The summed E-state index contributed by atoms with van der Waals surface area (Å²) in [6, 6.07) is 0.158. The van der Waals surface area contributed by atoms with Crippen molar-refractivity contribution >= 4 is 0 Å². The van der Waals surface area contributed by atoms with E-state index in [2.05, 4.69) is 20.4 Å². The number of nitrogens with zero attached hydrogens (tertiary/aromatic N) is 4. The molecule has 0 aliphatic heterocycles. The average Bonchev–Trinajstić information content (AvgIpc) is 2.25. The highest BCUT2D eigenvalue weighted by molar-refractivity contribution is 4.90. The van der Waals surface area contributed by atoms with Gasteiger partial charge in [0.2, 0.25) is 0 Å². The molecule has 8 nitrogen and oxygen atoms in total. The van der Waals surface area contributed by atoms with Crippen LogP contribution < -0.4 is 20.9 Å². The molecule has 1 aromatic heterocycles. The van der Waals surface area contributed by atoms with Crippen LogP contribution in [0, 0.1) is 0 Å². The Kier molecular flexibility index (Phi) is 4.51. The Balaban J connectivity index is 2.42. The molecule has 1 rings (SSSR count). The van der Waals surface area contributed by atoms with Gasteiger partial charge in [0.25, 0.3) is 0 Å². The zero-order chi connectivity index (χ0) is 10.2. The van der Waals surface area contributed by atoms with E-state index in [-0.39, 0.29) is 12.0 Å². The molecule has 1 heterocycles. The van der Waals surface area contributed by atoms with Crippen molar-refractivity contribution in [3.05, 3.63) is 0 Å². The molecule has 0 aliphatic rings. The van der Waals surface area contributed by atoms with Gasteiger partial charge >= 0.3 is 12.0 Å². The third-order valence-electron chi connectivity index (χ3n) is 1.14. The second-order valence-corrected chi connectivity index (χ2v) is 2.24. The highest BCUT2D eigenvalue weighted by Crippen LogP contribution is 2.00. The second kappa shape index (κ2) is 6.00. The lowest BCUT2D eigenvalue weighted by Crippen LogP contribution is -2.15. The van der Waals surface area contributed by atoms with Crippen molar-refractivity contribution in [3.8, 4) is 12.0 Å². The van der Waals surface area contributed by atoms with E-state index in [4.69, 9.17) is 20.9 Å². The number of rotatable bonds is 6. The first-order chi connectivity index (χ1) is 6.86. The van der Waals surface area contributed by atoms with Gasteiger partial charge in [-0.25, -0.2) is 0 Å². The van der Waals surface area contributed by atoms with E-state index in [0.717, 1.165) is 0 Å². The zero-order valence-corrected chi connectivity index (χ0v) is 7.59. The van der Waals surface area contributed by atoms with Crippen LogP contribution in [0.25, 0.3) is 0 Å². The van der Waals surface area contributed by atoms with Crippen molar-refractivity contribution in [3.63, 3.8) is 0 Å². The van der Waals surface area contributed by atoms with Crippen molar-refractivity contribution in [1.82, 2.24) is 20.4 Å². The fraction of sp³-hybridized carbons (Fsp3) is 0.667. The maximum atomic E-state index is 5.21. The van der Waals surface area contributed by atoms with Crippen molar-refractivity contribution in [2.45, 2.75) is 0 Å². The van der Waals surface area contributed by atoms with Gasteiger partial charge in [0, 0.05) is 13.1 Å². The maximum absolute atomic E-state index is 5.21. The first-order valence-electron chi connectivity index (χ1n) is 4.10. The minimum Gasteiger partial charge on any atom is -0.460 e. The van der Waals surface area contributed by atoms with E-state index in [1.165, 1.54) is 0 Å². The van der Waals surface area contributed by atoms with Gasteiger partial charge in [-0.15, -0.1) is 0 Å². The summed E-state index contributed by atoms with van der Waals surface area (Å²) >= 11 is 0. The molecule has 14 heavy (non-hydrogen) atoms. The molecule has 0 aromatic carbocycles. The maximum Gasteiger partial charge on any atom is 0.355 e. The lowest BCUT2D eigenvalue weighted by atomic mass is 10.7. The third kappa shape index (κ3) is 3.46. The predicted molar refractivity (Wildman–Crippen MR) is 46.7 cm³/mol. The number of aromatic nitrogens is 4. The minimum absolute atomic E-state index is 0.0792. The molecular weight excluding hydrogens is 188 g/mol. The van der Waals surface area contributed by atoms with Crippen LogP contribution in [0.15, 0.2) is 0 Å². The van der Waals surface area contributed by atoms with Gasteiger partial charge in [-0.05, 0) is 0 Å². The highest BCUT2D eigenvalue weighted by atomic mass is 16.5. The second-order valence-electron chi connectivity index (χ2n) is 2.24. The molecule has 78 valence electrons. The van der Waals surface area contributed by atoms with Gasteiger partial charge in [-0.3, -0.25) is 0 Å². The van der Waals surface area contributed by atoms with E-state index in [0.29, 0.717) is 26.3 Å². The Bertz CT molecular complexity index is 226. The van der Waals surface area contributed by atoms with E-state index in [1.54, 1.807) is 0 Å². The molecule has 0 spiro atoms. The first-order valence-corrected chi connectivity index (χ1v) is 4.10. The summed E-state index contributed by atoms with van der Waals surface area (Å²) in [7, 11) is 0. The Labute approximate surface area is 80.6 Å². The molecule has 0 fully saturated rings. The smallest absolute Gasteiger partial charge is 0.355 e. The van der Waals surface area contributed by atoms with E-state index < -0.39 is 0 Å². The van der Waals surface area contributed by atoms with Gasteiger partial charge in [-0.1, -0.05) is 20.4 Å². The molecule has 0 unspecified atom stereocenters. The molecule has 8 heteroatoms. The Hall–Kier alpha value is -1.54. The quantitative estimate of drug-likeness (QED) is 0.537. The molecule has 0 aliphatic carbocycles. The first kappa shape index (κ1) is 10.5. The van der Waals surface area contributed by atoms with Crippen LogP contribution in [0.1, 0.15) is 0 Å². The lowest BCUT2D eigenvalue weighted by Gasteiger charge is -2.01. The largest absolute Gasteiger partial charge is 0.460 e. The standard InChI is InChI=1S/C6H12N6O2/c7-1-3-13-5-9-11-6(12-10-5)14-4-2-8/h1-4,7-8H2. The SMILES string of the molecule is NCCOc1nnc(OCCN)nn1. The van der Waals surface area contributed by atoms with E-state index in [9.17, 15) is 0 Å². The van der Waals surface area contributed by atoms with Crippen molar-refractivity contribution in [2.24, 2.45) is 11.5 Å². The Morgan fingerprint density at radius 2 is 1.14 bits per heavy atom. The van der Waals surface area contributed by atoms with Gasteiger partial charge in [0.15, 0.2) is 0 Å². The summed E-state index contributed by atoms with van der Waals surface area (Å²) in [5.74, 6) is 0. The minimum atomic E-state index is 0.0792. The number of hydrogen-bond acceptors (Lipinski definition) is 8. The molecule has 4 N–H and O–H groups in total. The summed E-state index contributed by atoms with van der Waals surface area (Å²) in [4.78, 5) is 0. The summed E-state index contributed by atoms with van der Waals surface area (Å²) in [6.07, 6.45) is 0. The number of ether oxygens (including phenoxy) is 2. The van der Waals surface area contributed by atoms with Crippen LogP contribution in [-0.4, -0.2) is 46.7 Å². The van der Waals surface area contributed by atoms with Gasteiger partial charge in [0.1, 0.15) is 13.2 Å². The molecule has 0 amide bonds. The molecule has 1 aromatic rings. The Morgan fingerprint density at radius 1 is 0.786 bits per heavy atom. The molecule has 0 saturated heterocycles. The summed E-state index contributed by atoms with van der Waals surface area (Å²) in [6.45, 7) is 1.42. The third-order valence-corrected chi connectivity index (χ3v) is 1.14. The van der Waals surface area contributed by atoms with E-state index >= 15 is 0 Å². The number of hydrogen-bond donors (Lipinski definition) is 2. The zero-order valence-electron chi connectivity index (χ0n) is 7.59. The molecule has 0 bridgehead atoms. The van der Waals surface area contributed by atoms with Gasteiger partial charge in [-0.2, -0.15) is 0 Å². The van der Waals surface area contributed by atoms with Crippen LogP contribution in [0.5, 0.6) is 12.0 Å². The van der Waals surface area contributed by atoms with Crippen LogP contribution in [0.4, 0.5) is 0 Å². The van der Waals surface area contributed by atoms with Gasteiger partial charge < -0.3 is 20.9 Å². The van der Waals surface area contributed by atoms with E-state index in [1.807, 2.05) is 0 Å². The highest BCUT2D eigenvalue weighted by Gasteiger charge is 2.01. The fourth-order valence-electron chi connectivity index (χ4n) is 0.627. The lowest BCUT2D eigenvalue weighted by molar-refractivity contribution is 0.263. The van der Waals surface area contributed by atoms with Crippen LogP contribution >= 0.6 is 0 Å². The molecule has 0 radical (unpaired) electrons. The normalized spacial score (nSPS) is 9.86. The summed E-state index contributed by atoms with van der Waals surface area (Å²) in [5, 5.41) is 14.4. The topological polar surface area (TPSA) is 122 Å². The monoisotopic (exact) mass is 200 g/mol. The van der Waals surface area contributed by atoms with Crippen LogP contribution in [0.3, 0.4) is 0 Å². The fourth-order valence-corrected chi connectivity index (χ4v) is 0.627. The van der Waals surface area contributed by atoms with Crippen molar-refractivity contribution < 1.29 is 9.47 Å².